The van der Waals surface area contributed by atoms with Crippen LogP contribution in [0.5, 0.6) is 5.75 Å². The Kier molecular flexibility index (Phi) is 6.49. The normalized spacial score (nSPS) is 20.5. The largest absolute Gasteiger partial charge is 0.497 e. The molecule has 1 aliphatic heterocycles. The smallest absolute Gasteiger partial charge is 0.119 e. The highest BCUT2D eigenvalue weighted by Gasteiger charge is 2.18. The SMILES string of the molecule is CNC(CN(C)CC1CCCCO1)c1cccc(OC)c1. The molecule has 4 heteroatoms. The van der Waals surface area contributed by atoms with Crippen LogP contribution in [-0.2, 0) is 4.74 Å². The van der Waals surface area contributed by atoms with Crippen LogP contribution in [0.2, 0.25) is 0 Å². The van der Waals surface area contributed by atoms with Crippen molar-refractivity contribution in [2.24, 2.45) is 0 Å². The maximum absolute atomic E-state index is 5.82. The Morgan fingerprint density at radius 2 is 2.29 bits per heavy atom. The molecule has 0 bridgehead atoms. The number of rotatable bonds is 7. The summed E-state index contributed by atoms with van der Waals surface area (Å²) in [7, 11) is 5.89. The third-order valence-corrected chi connectivity index (χ3v) is 4.13. The van der Waals surface area contributed by atoms with Gasteiger partial charge in [0.1, 0.15) is 5.75 Å². The van der Waals surface area contributed by atoms with Gasteiger partial charge in [0.25, 0.3) is 0 Å². The van der Waals surface area contributed by atoms with Gasteiger partial charge in [-0.15, -0.1) is 0 Å². The average molecular weight is 292 g/mol. The molecule has 1 aromatic carbocycles. The average Bonchev–Trinajstić information content (AvgIpc) is 2.53. The minimum atomic E-state index is 0.300. The van der Waals surface area contributed by atoms with Gasteiger partial charge in [-0.2, -0.15) is 0 Å². The molecule has 1 N–H and O–H groups in total. The molecule has 0 amide bonds. The van der Waals surface area contributed by atoms with E-state index in [1.54, 1.807) is 7.11 Å². The van der Waals surface area contributed by atoms with E-state index in [1.165, 1.54) is 24.8 Å². The van der Waals surface area contributed by atoms with Gasteiger partial charge in [0, 0.05) is 25.7 Å². The second-order valence-electron chi connectivity index (χ2n) is 5.83. The number of hydrogen-bond donors (Lipinski definition) is 1. The Morgan fingerprint density at radius 3 is 2.95 bits per heavy atom. The molecule has 2 rings (SSSR count). The van der Waals surface area contributed by atoms with E-state index in [0.29, 0.717) is 12.1 Å². The van der Waals surface area contributed by atoms with E-state index in [1.807, 2.05) is 19.2 Å². The van der Waals surface area contributed by atoms with Crippen molar-refractivity contribution in [3.8, 4) is 5.75 Å². The van der Waals surface area contributed by atoms with Crippen molar-refractivity contribution < 1.29 is 9.47 Å². The second kappa shape index (κ2) is 8.37. The lowest BCUT2D eigenvalue weighted by atomic mass is 10.1. The van der Waals surface area contributed by atoms with Crippen LogP contribution in [0, 0.1) is 0 Å². The number of likely N-dealkylation sites (N-methyl/N-ethyl adjacent to an activating group) is 2. The van der Waals surface area contributed by atoms with Gasteiger partial charge < -0.3 is 19.7 Å². The van der Waals surface area contributed by atoms with Crippen molar-refractivity contribution in [1.29, 1.82) is 0 Å². The van der Waals surface area contributed by atoms with Crippen molar-refractivity contribution in [2.45, 2.75) is 31.4 Å². The first kappa shape index (κ1) is 16.3. The molecular weight excluding hydrogens is 264 g/mol. The minimum absolute atomic E-state index is 0.300. The van der Waals surface area contributed by atoms with Gasteiger partial charge in [0.05, 0.1) is 13.2 Å². The van der Waals surface area contributed by atoms with Crippen molar-refractivity contribution in [3.63, 3.8) is 0 Å². The van der Waals surface area contributed by atoms with E-state index in [-0.39, 0.29) is 0 Å². The maximum atomic E-state index is 5.82. The summed E-state index contributed by atoms with van der Waals surface area (Å²) in [5.41, 5.74) is 1.26. The van der Waals surface area contributed by atoms with Crippen LogP contribution >= 0.6 is 0 Å². The van der Waals surface area contributed by atoms with Crippen LogP contribution in [0.25, 0.3) is 0 Å². The molecule has 0 radical (unpaired) electrons. The summed E-state index contributed by atoms with van der Waals surface area (Å²) in [4.78, 5) is 2.36. The van der Waals surface area contributed by atoms with E-state index in [2.05, 4.69) is 29.4 Å². The summed E-state index contributed by atoms with van der Waals surface area (Å²) in [6, 6.07) is 8.58. The van der Waals surface area contributed by atoms with Crippen molar-refractivity contribution in [1.82, 2.24) is 10.2 Å². The Balaban J connectivity index is 1.90. The molecule has 0 saturated carbocycles. The number of methoxy groups -OCH3 is 1. The number of benzene rings is 1. The highest BCUT2D eigenvalue weighted by molar-refractivity contribution is 5.30. The zero-order valence-electron chi connectivity index (χ0n) is 13.5. The van der Waals surface area contributed by atoms with Gasteiger partial charge in [-0.3, -0.25) is 0 Å². The molecular formula is C17H28N2O2. The van der Waals surface area contributed by atoms with Gasteiger partial charge in [-0.1, -0.05) is 12.1 Å². The predicted molar refractivity (Wildman–Crippen MR) is 85.9 cm³/mol. The molecule has 1 heterocycles. The fourth-order valence-electron chi connectivity index (χ4n) is 2.91. The molecule has 0 spiro atoms. The van der Waals surface area contributed by atoms with E-state index in [9.17, 15) is 0 Å². The van der Waals surface area contributed by atoms with Crippen LogP contribution in [0.1, 0.15) is 30.9 Å². The lowest BCUT2D eigenvalue weighted by Gasteiger charge is -2.30. The maximum Gasteiger partial charge on any atom is 0.119 e. The standard InChI is InChI=1S/C17H28N2O2/c1-18-17(14-7-6-9-15(11-14)20-3)13-19(2)12-16-8-4-5-10-21-16/h6-7,9,11,16-18H,4-5,8,10,12-13H2,1-3H3. The number of ether oxygens (including phenoxy) is 2. The Hall–Kier alpha value is -1.10. The molecule has 4 nitrogen and oxygen atoms in total. The highest BCUT2D eigenvalue weighted by Crippen LogP contribution is 2.20. The van der Waals surface area contributed by atoms with E-state index >= 15 is 0 Å². The second-order valence-corrected chi connectivity index (χ2v) is 5.83. The molecule has 2 atom stereocenters. The minimum Gasteiger partial charge on any atom is -0.497 e. The van der Waals surface area contributed by atoms with Crippen molar-refractivity contribution in [2.75, 3.05) is 40.9 Å². The van der Waals surface area contributed by atoms with Crippen LogP contribution in [0.4, 0.5) is 0 Å². The summed E-state index contributed by atoms with van der Waals surface area (Å²) in [6.07, 6.45) is 4.09. The highest BCUT2D eigenvalue weighted by atomic mass is 16.5. The zero-order chi connectivity index (χ0) is 15.1. The van der Waals surface area contributed by atoms with Crippen LogP contribution < -0.4 is 10.1 Å². The third-order valence-electron chi connectivity index (χ3n) is 4.13. The number of hydrogen-bond acceptors (Lipinski definition) is 4. The summed E-state index contributed by atoms with van der Waals surface area (Å²) in [5.74, 6) is 0.908. The van der Waals surface area contributed by atoms with Crippen molar-refractivity contribution >= 4 is 0 Å². The molecule has 118 valence electrons. The monoisotopic (exact) mass is 292 g/mol. The van der Waals surface area contributed by atoms with Crippen LogP contribution in [0.15, 0.2) is 24.3 Å². The summed E-state index contributed by atoms with van der Waals surface area (Å²) in [5, 5.41) is 3.40. The summed E-state index contributed by atoms with van der Waals surface area (Å²) < 4.78 is 11.1. The first-order valence-corrected chi connectivity index (χ1v) is 7.84. The molecule has 21 heavy (non-hydrogen) atoms. The van der Waals surface area contributed by atoms with Gasteiger partial charge >= 0.3 is 0 Å². The lowest BCUT2D eigenvalue weighted by molar-refractivity contribution is -0.00254. The predicted octanol–water partition coefficient (Wildman–Crippen LogP) is 2.46. The van der Waals surface area contributed by atoms with Gasteiger partial charge in [-0.25, -0.2) is 0 Å². The number of nitrogens with zero attached hydrogens (tertiary/aromatic N) is 1. The van der Waals surface area contributed by atoms with Crippen LogP contribution in [-0.4, -0.2) is 51.9 Å². The summed E-state index contributed by atoms with van der Waals surface area (Å²) >= 11 is 0. The molecule has 1 fully saturated rings. The zero-order valence-corrected chi connectivity index (χ0v) is 13.5. The van der Waals surface area contributed by atoms with Crippen molar-refractivity contribution in [3.05, 3.63) is 29.8 Å². The van der Waals surface area contributed by atoms with E-state index < -0.39 is 0 Å². The fourth-order valence-corrected chi connectivity index (χ4v) is 2.91. The van der Waals surface area contributed by atoms with Crippen LogP contribution in [0.3, 0.4) is 0 Å². The quantitative estimate of drug-likeness (QED) is 0.837. The lowest BCUT2D eigenvalue weighted by Crippen LogP contribution is -2.38. The van der Waals surface area contributed by atoms with Gasteiger partial charge in [0.2, 0.25) is 0 Å². The first-order chi connectivity index (χ1) is 10.2. The Morgan fingerprint density at radius 1 is 1.43 bits per heavy atom. The van der Waals surface area contributed by atoms with Gasteiger partial charge in [0.15, 0.2) is 0 Å². The summed E-state index contributed by atoms with van der Waals surface area (Å²) in [6.45, 7) is 2.88. The molecule has 1 saturated heterocycles. The van der Waals surface area contributed by atoms with Gasteiger partial charge in [-0.05, 0) is 51.1 Å². The molecule has 0 aromatic heterocycles. The molecule has 1 aliphatic rings. The first-order valence-electron chi connectivity index (χ1n) is 7.84. The topological polar surface area (TPSA) is 33.7 Å². The molecule has 0 aliphatic carbocycles. The van der Waals surface area contributed by atoms with E-state index in [4.69, 9.17) is 9.47 Å². The molecule has 2 unspecified atom stereocenters. The third kappa shape index (κ3) is 4.99. The van der Waals surface area contributed by atoms with E-state index in [0.717, 1.165) is 25.4 Å². The fraction of sp³-hybridized carbons (Fsp3) is 0.647. The number of nitrogens with one attached hydrogen (secondary N) is 1. The Bertz CT molecular complexity index is 419. The Labute approximate surface area is 128 Å². The molecule has 1 aromatic rings.